The van der Waals surface area contributed by atoms with E-state index < -0.39 is 0 Å². The predicted octanol–water partition coefficient (Wildman–Crippen LogP) is 3.27. The maximum Gasteiger partial charge on any atom is 0.00722 e. The number of nitrogens with one attached hydrogen (secondary N) is 1. The fraction of sp³-hybridized carbons (Fsp3) is 1.00. The van der Waals surface area contributed by atoms with Crippen molar-refractivity contribution in [3.63, 3.8) is 0 Å². The Morgan fingerprint density at radius 1 is 1.24 bits per heavy atom. The zero-order valence-corrected chi connectivity index (χ0v) is 12.5. The molecule has 2 nitrogen and oxygen atoms in total. The molecule has 1 saturated heterocycles. The summed E-state index contributed by atoms with van der Waals surface area (Å²) in [5, 5.41) is 3.50. The van der Waals surface area contributed by atoms with Crippen molar-refractivity contribution in [3.05, 3.63) is 0 Å². The van der Waals surface area contributed by atoms with Crippen LogP contribution < -0.4 is 5.32 Å². The summed E-state index contributed by atoms with van der Waals surface area (Å²) in [6.45, 7) is 14.1. The maximum absolute atomic E-state index is 3.50. The molecule has 3 unspecified atom stereocenters. The summed E-state index contributed by atoms with van der Waals surface area (Å²) < 4.78 is 0. The number of hydrogen-bond acceptors (Lipinski definition) is 2. The van der Waals surface area contributed by atoms with Gasteiger partial charge in [-0.15, -0.1) is 0 Å². The number of likely N-dealkylation sites (tertiary alicyclic amines) is 1. The van der Waals surface area contributed by atoms with Crippen molar-refractivity contribution in [1.82, 2.24) is 10.2 Å². The van der Waals surface area contributed by atoms with Crippen LogP contribution in [0.15, 0.2) is 0 Å². The lowest BCUT2D eigenvalue weighted by Crippen LogP contribution is -2.45. The van der Waals surface area contributed by atoms with E-state index in [-0.39, 0.29) is 0 Å². The fourth-order valence-electron chi connectivity index (χ4n) is 3.03. The maximum atomic E-state index is 3.50. The third-order valence-corrected chi connectivity index (χ3v) is 4.11. The predicted molar refractivity (Wildman–Crippen MR) is 76.4 cm³/mol. The molecule has 1 heterocycles. The normalized spacial score (nSPS) is 28.6. The Morgan fingerprint density at radius 2 is 1.94 bits per heavy atom. The highest BCUT2D eigenvalue weighted by atomic mass is 15.2. The van der Waals surface area contributed by atoms with Gasteiger partial charge in [0, 0.05) is 18.1 Å². The first-order valence-electron chi connectivity index (χ1n) is 7.49. The van der Waals surface area contributed by atoms with Crippen LogP contribution >= 0.6 is 0 Å². The molecule has 1 fully saturated rings. The largest absolute Gasteiger partial charge is 0.315 e. The zero-order chi connectivity index (χ0) is 12.8. The average molecular weight is 240 g/mol. The summed E-state index contributed by atoms with van der Waals surface area (Å²) in [6, 6.07) is 2.17. The summed E-state index contributed by atoms with van der Waals surface area (Å²) in [7, 11) is 0. The van der Waals surface area contributed by atoms with Crippen LogP contribution in [-0.2, 0) is 0 Å². The second-order valence-electron chi connectivity index (χ2n) is 6.32. The smallest absolute Gasteiger partial charge is 0.00722 e. The lowest BCUT2D eigenvalue weighted by atomic mass is 9.91. The topological polar surface area (TPSA) is 15.3 Å². The molecule has 102 valence electrons. The summed E-state index contributed by atoms with van der Waals surface area (Å²) in [6.07, 6.45) is 5.41. The fourth-order valence-corrected chi connectivity index (χ4v) is 3.03. The third kappa shape index (κ3) is 5.39. The van der Waals surface area contributed by atoms with Gasteiger partial charge in [-0.1, -0.05) is 20.8 Å². The first kappa shape index (κ1) is 15.0. The molecular weight excluding hydrogens is 208 g/mol. The Kier molecular flexibility index (Phi) is 6.50. The lowest BCUT2D eigenvalue weighted by molar-refractivity contribution is 0.0844. The summed E-state index contributed by atoms with van der Waals surface area (Å²) in [5.41, 5.74) is 0. The second-order valence-corrected chi connectivity index (χ2v) is 6.32. The van der Waals surface area contributed by atoms with Gasteiger partial charge in [-0.3, -0.25) is 4.90 Å². The molecule has 0 aromatic carbocycles. The van der Waals surface area contributed by atoms with Gasteiger partial charge in [0.1, 0.15) is 0 Å². The second kappa shape index (κ2) is 7.38. The van der Waals surface area contributed by atoms with Crippen molar-refractivity contribution in [2.45, 2.75) is 78.4 Å². The minimum absolute atomic E-state index is 0.625. The van der Waals surface area contributed by atoms with Crippen LogP contribution in [-0.4, -0.2) is 36.1 Å². The summed E-state index contributed by atoms with van der Waals surface area (Å²) in [5.74, 6) is 0.927. The molecule has 0 bridgehead atoms. The van der Waals surface area contributed by atoms with Crippen molar-refractivity contribution in [3.8, 4) is 0 Å². The van der Waals surface area contributed by atoms with Crippen molar-refractivity contribution < 1.29 is 0 Å². The van der Waals surface area contributed by atoms with Gasteiger partial charge < -0.3 is 5.32 Å². The molecule has 1 aliphatic rings. The zero-order valence-electron chi connectivity index (χ0n) is 12.5. The molecule has 0 aromatic heterocycles. The summed E-state index contributed by atoms with van der Waals surface area (Å²) in [4.78, 5) is 2.72. The molecular formula is C15H32N2. The van der Waals surface area contributed by atoms with E-state index in [2.05, 4.69) is 44.8 Å². The third-order valence-electron chi connectivity index (χ3n) is 4.11. The molecule has 2 heteroatoms. The van der Waals surface area contributed by atoms with Gasteiger partial charge in [0.25, 0.3) is 0 Å². The van der Waals surface area contributed by atoms with Crippen LogP contribution in [0.2, 0.25) is 0 Å². The molecule has 0 aromatic rings. The molecule has 0 saturated carbocycles. The van der Waals surface area contributed by atoms with Crippen LogP contribution in [0, 0.1) is 5.92 Å². The van der Waals surface area contributed by atoms with Crippen LogP contribution in [0.5, 0.6) is 0 Å². The van der Waals surface area contributed by atoms with E-state index >= 15 is 0 Å². The highest BCUT2D eigenvalue weighted by Gasteiger charge is 2.25. The van der Waals surface area contributed by atoms with Gasteiger partial charge in [0.05, 0.1) is 0 Å². The Labute approximate surface area is 108 Å². The SMILES string of the molecule is CC1CCN(C(C)CCCNC(C)C)C(C)C1. The van der Waals surface area contributed by atoms with E-state index in [1.54, 1.807) is 0 Å². The Bertz CT molecular complexity index is 203. The molecule has 1 N–H and O–H groups in total. The Balaban J connectivity index is 2.20. The monoisotopic (exact) mass is 240 g/mol. The van der Waals surface area contributed by atoms with Gasteiger partial charge in [-0.05, 0) is 58.5 Å². The van der Waals surface area contributed by atoms with Crippen molar-refractivity contribution in [2.75, 3.05) is 13.1 Å². The molecule has 0 amide bonds. The molecule has 0 aliphatic carbocycles. The molecule has 3 atom stereocenters. The quantitative estimate of drug-likeness (QED) is 0.717. The van der Waals surface area contributed by atoms with Gasteiger partial charge >= 0.3 is 0 Å². The van der Waals surface area contributed by atoms with Crippen LogP contribution in [0.25, 0.3) is 0 Å². The minimum atomic E-state index is 0.625. The van der Waals surface area contributed by atoms with Gasteiger partial charge in [-0.25, -0.2) is 0 Å². The van der Waals surface area contributed by atoms with E-state index in [0.717, 1.165) is 18.0 Å². The molecule has 17 heavy (non-hydrogen) atoms. The minimum Gasteiger partial charge on any atom is -0.315 e. The van der Waals surface area contributed by atoms with E-state index in [1.807, 2.05) is 0 Å². The van der Waals surface area contributed by atoms with Gasteiger partial charge in [-0.2, -0.15) is 0 Å². The number of piperidine rings is 1. The number of rotatable bonds is 6. The molecule has 1 rings (SSSR count). The Hall–Kier alpha value is -0.0800. The van der Waals surface area contributed by atoms with E-state index in [0.29, 0.717) is 6.04 Å². The van der Waals surface area contributed by atoms with Crippen molar-refractivity contribution in [2.24, 2.45) is 5.92 Å². The van der Waals surface area contributed by atoms with Gasteiger partial charge in [0.2, 0.25) is 0 Å². The number of hydrogen-bond donors (Lipinski definition) is 1. The van der Waals surface area contributed by atoms with Crippen LogP contribution in [0.1, 0.15) is 60.3 Å². The first-order valence-corrected chi connectivity index (χ1v) is 7.49. The van der Waals surface area contributed by atoms with E-state index in [4.69, 9.17) is 0 Å². The van der Waals surface area contributed by atoms with Gasteiger partial charge in [0.15, 0.2) is 0 Å². The van der Waals surface area contributed by atoms with Crippen molar-refractivity contribution >= 4 is 0 Å². The molecule has 0 spiro atoms. The molecule has 0 radical (unpaired) electrons. The molecule has 1 aliphatic heterocycles. The first-order chi connectivity index (χ1) is 8.00. The lowest BCUT2D eigenvalue weighted by Gasteiger charge is -2.40. The van der Waals surface area contributed by atoms with E-state index in [1.165, 1.54) is 38.8 Å². The van der Waals surface area contributed by atoms with Crippen molar-refractivity contribution in [1.29, 1.82) is 0 Å². The number of nitrogens with zero attached hydrogens (tertiary/aromatic N) is 1. The standard InChI is InChI=1S/C15H32N2/c1-12(2)16-9-6-7-14(4)17-10-8-13(3)11-15(17)5/h12-16H,6-11H2,1-5H3. The van der Waals surface area contributed by atoms with Crippen LogP contribution in [0.4, 0.5) is 0 Å². The average Bonchev–Trinajstić information content (AvgIpc) is 2.23. The van der Waals surface area contributed by atoms with E-state index in [9.17, 15) is 0 Å². The highest BCUT2D eigenvalue weighted by Crippen LogP contribution is 2.25. The van der Waals surface area contributed by atoms with Crippen LogP contribution in [0.3, 0.4) is 0 Å². The summed E-state index contributed by atoms with van der Waals surface area (Å²) >= 11 is 0. The highest BCUT2D eigenvalue weighted by molar-refractivity contribution is 4.80. The Morgan fingerprint density at radius 3 is 2.53 bits per heavy atom.